The molecule has 0 N–H and O–H groups in total. The molecule has 0 saturated carbocycles. The molecule has 2 heteroatoms. The van der Waals surface area contributed by atoms with Crippen molar-refractivity contribution in [2.24, 2.45) is 0 Å². The Kier molecular flexibility index (Phi) is 6.57. The lowest BCUT2D eigenvalue weighted by atomic mass is 10.1. The maximum Gasteiger partial charge on any atom is 0.0483 e. The second-order valence-corrected chi connectivity index (χ2v) is 12.1. The van der Waals surface area contributed by atoms with Gasteiger partial charge in [-0.2, -0.15) is 0 Å². The van der Waals surface area contributed by atoms with Gasteiger partial charge in [-0.05, 0) is 40.2 Å². The Morgan fingerprint density at radius 3 is 1.81 bits per heavy atom. The minimum absolute atomic E-state index is 0.639. The van der Waals surface area contributed by atoms with Gasteiger partial charge in [0.15, 0.2) is 0 Å². The van der Waals surface area contributed by atoms with Crippen molar-refractivity contribution in [2.75, 3.05) is 6.54 Å². The second-order valence-electron chi connectivity index (χ2n) is 6.66. The zero-order chi connectivity index (χ0) is 12.9. The van der Waals surface area contributed by atoms with Crippen LogP contribution in [0.15, 0.2) is 12.2 Å². The van der Waals surface area contributed by atoms with Gasteiger partial charge in [-0.15, -0.1) is 6.58 Å². The van der Waals surface area contributed by atoms with Gasteiger partial charge in [-0.3, -0.25) is 4.90 Å². The van der Waals surface area contributed by atoms with Crippen molar-refractivity contribution in [1.82, 2.24) is 4.90 Å². The zero-order valence-corrected chi connectivity index (χ0v) is 13.4. The highest BCUT2D eigenvalue weighted by atomic mass is 28.3. The Labute approximate surface area is 104 Å². The lowest BCUT2D eigenvalue weighted by Crippen LogP contribution is -2.38. The Morgan fingerprint density at radius 2 is 1.50 bits per heavy atom. The van der Waals surface area contributed by atoms with Crippen LogP contribution in [0.4, 0.5) is 0 Å². The smallest absolute Gasteiger partial charge is 0.0483 e. The number of hydrogen-bond donors (Lipinski definition) is 0. The van der Waals surface area contributed by atoms with Gasteiger partial charge < -0.3 is 0 Å². The van der Waals surface area contributed by atoms with Gasteiger partial charge in [0.2, 0.25) is 0 Å². The fraction of sp³-hybridized carbons (Fsp3) is 0.857. The fourth-order valence-corrected chi connectivity index (χ4v) is 3.92. The normalized spacial score (nSPS) is 12.9. The first kappa shape index (κ1) is 15.9. The van der Waals surface area contributed by atoms with E-state index in [0.717, 1.165) is 0 Å². The summed E-state index contributed by atoms with van der Waals surface area (Å²) in [7, 11) is -0.965. The molecular weight excluding hydrogens is 210 g/mol. The van der Waals surface area contributed by atoms with Crippen LogP contribution >= 0.6 is 0 Å². The van der Waals surface area contributed by atoms with E-state index in [0.29, 0.717) is 12.1 Å². The molecule has 0 unspecified atom stereocenters. The summed E-state index contributed by atoms with van der Waals surface area (Å²) in [5, 5.41) is 0. The maximum atomic E-state index is 4.24. The molecule has 0 aromatic heterocycles. The van der Waals surface area contributed by atoms with Crippen LogP contribution in [0, 0.1) is 0 Å². The molecule has 0 spiro atoms. The van der Waals surface area contributed by atoms with Gasteiger partial charge >= 0.3 is 0 Å². The van der Waals surface area contributed by atoms with Crippen molar-refractivity contribution in [3.63, 3.8) is 0 Å². The van der Waals surface area contributed by atoms with Crippen molar-refractivity contribution in [1.29, 1.82) is 0 Å². The minimum Gasteiger partial charge on any atom is -0.298 e. The molecule has 0 rings (SSSR count). The maximum absolute atomic E-state index is 4.24. The van der Waals surface area contributed by atoms with Crippen LogP contribution in [0.3, 0.4) is 0 Å². The molecule has 0 aliphatic heterocycles. The molecule has 0 heterocycles. The topological polar surface area (TPSA) is 3.24 Å². The first-order valence-corrected chi connectivity index (χ1v) is 10.3. The van der Waals surface area contributed by atoms with Crippen LogP contribution in [0.5, 0.6) is 0 Å². The van der Waals surface area contributed by atoms with Crippen molar-refractivity contribution >= 4 is 8.07 Å². The van der Waals surface area contributed by atoms with Gasteiger partial charge in [-0.25, -0.2) is 0 Å². The van der Waals surface area contributed by atoms with Crippen molar-refractivity contribution in [3.05, 3.63) is 12.2 Å². The van der Waals surface area contributed by atoms with Gasteiger partial charge in [0.1, 0.15) is 0 Å². The quantitative estimate of drug-likeness (QED) is 0.472. The third-order valence-corrected chi connectivity index (χ3v) is 4.39. The van der Waals surface area contributed by atoms with E-state index in [-0.39, 0.29) is 0 Å². The van der Waals surface area contributed by atoms with Gasteiger partial charge in [0, 0.05) is 26.7 Å². The summed E-state index contributed by atoms with van der Waals surface area (Å²) in [6.07, 6.45) is 1.17. The average Bonchev–Trinajstić information content (AvgIpc) is 1.98. The van der Waals surface area contributed by atoms with Gasteiger partial charge in [0.05, 0.1) is 0 Å². The molecule has 0 aliphatic carbocycles. The lowest BCUT2D eigenvalue weighted by Gasteiger charge is -2.31. The van der Waals surface area contributed by atoms with Crippen LogP contribution in [-0.4, -0.2) is 31.6 Å². The summed E-state index contributed by atoms with van der Waals surface area (Å²) in [5.74, 6) is 0. The van der Waals surface area contributed by atoms with E-state index < -0.39 is 8.07 Å². The Balaban J connectivity index is 4.07. The van der Waals surface area contributed by atoms with Crippen LogP contribution < -0.4 is 0 Å². The molecule has 0 saturated heterocycles. The predicted octanol–water partition coefficient (Wildman–Crippen LogP) is 4.39. The molecule has 0 aromatic rings. The Bertz CT molecular complexity index is 205. The molecule has 0 aliphatic rings. The van der Waals surface area contributed by atoms with Crippen molar-refractivity contribution < 1.29 is 0 Å². The largest absolute Gasteiger partial charge is 0.298 e. The highest BCUT2D eigenvalue weighted by Crippen LogP contribution is 2.18. The standard InChI is InChI=1S/C14H31NSi/c1-12(2)15(13(3)4)10-9-14(5)11-16(6,7)8/h12-13H,5,9-11H2,1-4,6-8H3. The molecule has 0 bridgehead atoms. The van der Waals surface area contributed by atoms with E-state index in [1.807, 2.05) is 0 Å². The average molecular weight is 241 g/mol. The summed E-state index contributed by atoms with van der Waals surface area (Å²) in [4.78, 5) is 2.55. The molecule has 0 amide bonds. The predicted molar refractivity (Wildman–Crippen MR) is 78.9 cm³/mol. The van der Waals surface area contributed by atoms with E-state index in [2.05, 4.69) is 58.8 Å². The zero-order valence-electron chi connectivity index (χ0n) is 12.4. The summed E-state index contributed by atoms with van der Waals surface area (Å²) < 4.78 is 0. The third-order valence-electron chi connectivity index (χ3n) is 2.83. The van der Waals surface area contributed by atoms with Crippen LogP contribution in [0.2, 0.25) is 25.7 Å². The molecule has 0 atom stereocenters. The highest BCUT2D eigenvalue weighted by Gasteiger charge is 2.17. The Morgan fingerprint density at radius 1 is 1.06 bits per heavy atom. The van der Waals surface area contributed by atoms with Crippen LogP contribution in [0.1, 0.15) is 34.1 Å². The van der Waals surface area contributed by atoms with Crippen LogP contribution in [-0.2, 0) is 0 Å². The van der Waals surface area contributed by atoms with Gasteiger partial charge in [0.25, 0.3) is 0 Å². The van der Waals surface area contributed by atoms with E-state index in [9.17, 15) is 0 Å². The molecule has 1 nitrogen and oxygen atoms in total. The van der Waals surface area contributed by atoms with Gasteiger partial charge in [-0.1, -0.05) is 25.2 Å². The molecule has 0 aromatic carbocycles. The van der Waals surface area contributed by atoms with Crippen LogP contribution in [0.25, 0.3) is 0 Å². The number of hydrogen-bond acceptors (Lipinski definition) is 1. The van der Waals surface area contributed by atoms with E-state index in [1.54, 1.807) is 0 Å². The number of nitrogens with zero attached hydrogens (tertiary/aromatic N) is 1. The van der Waals surface area contributed by atoms with Crippen molar-refractivity contribution in [3.8, 4) is 0 Å². The molecule has 0 radical (unpaired) electrons. The minimum atomic E-state index is -0.965. The monoisotopic (exact) mass is 241 g/mol. The van der Waals surface area contributed by atoms with E-state index in [4.69, 9.17) is 0 Å². The fourth-order valence-electron chi connectivity index (χ4n) is 2.24. The van der Waals surface area contributed by atoms with Crippen molar-refractivity contribution in [2.45, 2.75) is 71.9 Å². The summed E-state index contributed by atoms with van der Waals surface area (Å²) in [6, 6.07) is 2.55. The second kappa shape index (κ2) is 6.60. The Hall–Kier alpha value is -0.0831. The summed E-state index contributed by atoms with van der Waals surface area (Å²) >= 11 is 0. The SMILES string of the molecule is C=C(CCN(C(C)C)C(C)C)C[Si](C)(C)C. The van der Waals surface area contributed by atoms with E-state index >= 15 is 0 Å². The lowest BCUT2D eigenvalue weighted by molar-refractivity contribution is 0.177. The highest BCUT2D eigenvalue weighted by molar-refractivity contribution is 6.76. The molecule has 0 fully saturated rings. The first-order chi connectivity index (χ1) is 7.13. The number of rotatable bonds is 7. The third kappa shape index (κ3) is 7.23. The molecule has 16 heavy (non-hydrogen) atoms. The molecular formula is C14H31NSi. The summed E-state index contributed by atoms with van der Waals surface area (Å²) in [6.45, 7) is 21.8. The molecule has 96 valence electrons. The first-order valence-electron chi connectivity index (χ1n) is 6.56. The summed E-state index contributed by atoms with van der Waals surface area (Å²) in [5.41, 5.74) is 1.45. The van der Waals surface area contributed by atoms with E-state index in [1.165, 1.54) is 24.6 Å².